The summed E-state index contributed by atoms with van der Waals surface area (Å²) in [6.45, 7) is 2.26. The largest absolute Gasteiger partial charge is 0.497 e. The van der Waals surface area contributed by atoms with Gasteiger partial charge < -0.3 is 14.7 Å². The number of thioether (sulfide) groups is 1. The van der Waals surface area contributed by atoms with Crippen molar-refractivity contribution in [1.29, 1.82) is 0 Å². The van der Waals surface area contributed by atoms with Gasteiger partial charge in [0.05, 0.1) is 17.6 Å². The second-order valence-electron chi connectivity index (χ2n) is 9.49. The van der Waals surface area contributed by atoms with Gasteiger partial charge in [-0.25, -0.2) is 8.78 Å². The molecule has 0 saturated carbocycles. The Morgan fingerprint density at radius 1 is 1.24 bits per heavy atom. The van der Waals surface area contributed by atoms with Crippen LogP contribution < -0.4 is 4.74 Å². The third kappa shape index (κ3) is 7.33. The lowest BCUT2D eigenvalue weighted by atomic mass is 9.80. The number of benzene rings is 2. The van der Waals surface area contributed by atoms with E-state index in [2.05, 4.69) is 9.88 Å². The zero-order valence-corrected chi connectivity index (χ0v) is 22.3. The Hall–Kier alpha value is -2.42. The van der Waals surface area contributed by atoms with E-state index in [-0.39, 0.29) is 12.3 Å². The number of aromatic nitrogens is 1. The standard InChI is InChI=1S/C28H31ClF2N2O3S/c1-36-21-6-8-26-23(15-21)22(24(29)16-32-26)4-2-3-18-9-10-33(17-19(18)13-28(34)35)11-12-37-27-14-20(30)5-7-25(27)31/h5-8,14-16,18-19H,2-4,9-13,17H2,1H3,(H,34,35)/t18-,19+/m1/s1. The van der Waals surface area contributed by atoms with Crippen molar-refractivity contribution in [2.24, 2.45) is 11.8 Å². The molecule has 2 heterocycles. The number of likely N-dealkylation sites (tertiary alicyclic amines) is 1. The van der Waals surface area contributed by atoms with Crippen LogP contribution in [0.25, 0.3) is 10.9 Å². The van der Waals surface area contributed by atoms with Crippen LogP contribution in [-0.4, -0.2) is 53.5 Å². The highest BCUT2D eigenvalue weighted by Crippen LogP contribution is 2.33. The Bertz CT molecular complexity index is 1250. The van der Waals surface area contributed by atoms with Crippen LogP contribution in [0.4, 0.5) is 8.78 Å². The van der Waals surface area contributed by atoms with Gasteiger partial charge in [0, 0.05) is 41.7 Å². The summed E-state index contributed by atoms with van der Waals surface area (Å²) in [7, 11) is 1.63. The van der Waals surface area contributed by atoms with Crippen molar-refractivity contribution >= 4 is 40.2 Å². The molecule has 37 heavy (non-hydrogen) atoms. The van der Waals surface area contributed by atoms with E-state index in [1.807, 2.05) is 18.2 Å². The van der Waals surface area contributed by atoms with Crippen molar-refractivity contribution in [2.75, 3.05) is 32.5 Å². The number of carbonyl (C=O) groups is 1. The number of nitrogens with zero attached hydrogens (tertiary/aromatic N) is 2. The molecular weight excluding hydrogens is 518 g/mol. The number of methoxy groups -OCH3 is 1. The number of fused-ring (bicyclic) bond motifs is 1. The van der Waals surface area contributed by atoms with E-state index < -0.39 is 17.6 Å². The van der Waals surface area contributed by atoms with Crippen LogP contribution in [0.15, 0.2) is 47.5 Å². The average Bonchev–Trinajstić information content (AvgIpc) is 2.87. The van der Waals surface area contributed by atoms with Gasteiger partial charge in [-0.1, -0.05) is 11.6 Å². The van der Waals surface area contributed by atoms with E-state index in [1.54, 1.807) is 13.3 Å². The number of pyridine rings is 1. The average molecular weight is 549 g/mol. The van der Waals surface area contributed by atoms with E-state index in [1.165, 1.54) is 17.8 Å². The van der Waals surface area contributed by atoms with Gasteiger partial charge >= 0.3 is 5.97 Å². The SMILES string of the molecule is COc1ccc2ncc(Cl)c(CCC[C@@H]3CCN(CCSc4cc(F)ccc4F)C[C@@H]3CC(=O)O)c2c1. The van der Waals surface area contributed by atoms with E-state index in [4.69, 9.17) is 16.3 Å². The van der Waals surface area contributed by atoms with Crippen LogP contribution in [-0.2, 0) is 11.2 Å². The molecule has 1 N–H and O–H groups in total. The first-order valence-electron chi connectivity index (χ1n) is 12.5. The van der Waals surface area contributed by atoms with Gasteiger partial charge in [-0.15, -0.1) is 11.8 Å². The number of ether oxygens (including phenoxy) is 1. The van der Waals surface area contributed by atoms with Gasteiger partial charge in [0.1, 0.15) is 17.4 Å². The number of rotatable bonds is 11. The van der Waals surface area contributed by atoms with Crippen molar-refractivity contribution in [1.82, 2.24) is 9.88 Å². The lowest BCUT2D eigenvalue weighted by Crippen LogP contribution is -2.42. The Morgan fingerprint density at radius 2 is 2.08 bits per heavy atom. The minimum atomic E-state index is -0.789. The zero-order chi connectivity index (χ0) is 26.4. The maximum absolute atomic E-state index is 13.9. The first-order chi connectivity index (χ1) is 17.8. The smallest absolute Gasteiger partial charge is 0.303 e. The van der Waals surface area contributed by atoms with Crippen molar-refractivity contribution in [3.63, 3.8) is 0 Å². The van der Waals surface area contributed by atoms with Crippen molar-refractivity contribution < 1.29 is 23.4 Å². The fourth-order valence-electron chi connectivity index (χ4n) is 5.19. The second-order valence-corrected chi connectivity index (χ2v) is 11.0. The molecule has 0 spiro atoms. The van der Waals surface area contributed by atoms with E-state index >= 15 is 0 Å². The number of carboxylic acids is 1. The molecule has 0 aliphatic carbocycles. The highest BCUT2D eigenvalue weighted by molar-refractivity contribution is 7.99. The van der Waals surface area contributed by atoms with Crippen LogP contribution in [0.5, 0.6) is 5.75 Å². The fourth-order valence-corrected chi connectivity index (χ4v) is 6.41. The summed E-state index contributed by atoms with van der Waals surface area (Å²) < 4.78 is 32.7. The first kappa shape index (κ1) is 27.6. The van der Waals surface area contributed by atoms with Gasteiger partial charge in [-0.3, -0.25) is 9.78 Å². The van der Waals surface area contributed by atoms with Crippen LogP contribution in [0.1, 0.15) is 31.2 Å². The lowest BCUT2D eigenvalue weighted by molar-refractivity contribution is -0.139. The van der Waals surface area contributed by atoms with Crippen LogP contribution in [0.2, 0.25) is 5.02 Å². The maximum Gasteiger partial charge on any atom is 0.303 e. The molecule has 0 radical (unpaired) electrons. The quantitative estimate of drug-likeness (QED) is 0.269. The maximum atomic E-state index is 13.9. The third-order valence-corrected chi connectivity index (χ3v) is 8.44. The van der Waals surface area contributed by atoms with Gasteiger partial charge in [0.2, 0.25) is 0 Å². The molecule has 9 heteroatoms. The molecule has 1 saturated heterocycles. The normalized spacial score (nSPS) is 18.3. The minimum Gasteiger partial charge on any atom is -0.497 e. The van der Waals surface area contributed by atoms with E-state index in [0.717, 1.165) is 66.6 Å². The molecule has 0 amide bonds. The molecule has 4 rings (SSSR count). The Morgan fingerprint density at radius 3 is 2.86 bits per heavy atom. The summed E-state index contributed by atoms with van der Waals surface area (Å²) >= 11 is 7.80. The van der Waals surface area contributed by atoms with Gasteiger partial charge in [-0.05, 0) is 86.0 Å². The summed E-state index contributed by atoms with van der Waals surface area (Å²) in [5, 5.41) is 11.1. The molecule has 5 nitrogen and oxygen atoms in total. The molecule has 1 aromatic heterocycles. The summed E-state index contributed by atoms with van der Waals surface area (Å²) in [6, 6.07) is 9.24. The molecule has 198 valence electrons. The Kier molecular flexibility index (Phi) is 9.62. The monoisotopic (exact) mass is 548 g/mol. The van der Waals surface area contributed by atoms with Gasteiger partial charge in [-0.2, -0.15) is 0 Å². The second kappa shape index (κ2) is 12.9. The summed E-state index contributed by atoms with van der Waals surface area (Å²) in [4.78, 5) is 18.6. The topological polar surface area (TPSA) is 62.7 Å². The van der Waals surface area contributed by atoms with E-state index in [0.29, 0.717) is 34.7 Å². The molecule has 3 aromatic rings. The molecule has 1 fully saturated rings. The lowest BCUT2D eigenvalue weighted by Gasteiger charge is -2.38. The Labute approximate surface area is 225 Å². The van der Waals surface area contributed by atoms with Crippen LogP contribution in [0, 0.1) is 23.5 Å². The fraction of sp³-hybridized carbons (Fsp3) is 0.429. The van der Waals surface area contributed by atoms with Gasteiger partial charge in [0.15, 0.2) is 0 Å². The van der Waals surface area contributed by atoms with E-state index in [9.17, 15) is 18.7 Å². The molecule has 1 aliphatic heterocycles. The molecule has 2 aromatic carbocycles. The number of aryl methyl sites for hydroxylation is 1. The molecular formula is C28H31ClF2N2O3S. The number of piperidine rings is 1. The molecule has 0 unspecified atom stereocenters. The highest BCUT2D eigenvalue weighted by Gasteiger charge is 2.30. The molecule has 0 bridgehead atoms. The number of halogens is 3. The van der Waals surface area contributed by atoms with Crippen molar-refractivity contribution in [3.05, 3.63) is 64.8 Å². The summed E-state index contributed by atoms with van der Waals surface area (Å²) in [5.74, 6) is 0.0603. The number of hydrogen-bond donors (Lipinski definition) is 1. The first-order valence-corrected chi connectivity index (χ1v) is 13.8. The van der Waals surface area contributed by atoms with Crippen LogP contribution >= 0.6 is 23.4 Å². The zero-order valence-electron chi connectivity index (χ0n) is 20.8. The number of carboxylic acid groups (broad SMARTS) is 1. The van der Waals surface area contributed by atoms with Crippen LogP contribution in [0.3, 0.4) is 0 Å². The highest BCUT2D eigenvalue weighted by atomic mass is 35.5. The molecule has 1 aliphatic rings. The van der Waals surface area contributed by atoms with Gasteiger partial charge in [0.25, 0.3) is 0 Å². The number of aliphatic carboxylic acids is 1. The van der Waals surface area contributed by atoms with Crippen molar-refractivity contribution in [2.45, 2.75) is 37.0 Å². The predicted octanol–water partition coefficient (Wildman–Crippen LogP) is 6.70. The minimum absolute atomic E-state index is 0.0481. The summed E-state index contributed by atoms with van der Waals surface area (Å²) in [6.07, 6.45) is 5.31. The number of hydrogen-bond acceptors (Lipinski definition) is 5. The summed E-state index contributed by atoms with van der Waals surface area (Å²) in [5.41, 5.74) is 1.91. The molecule has 2 atom stereocenters. The Balaban J connectivity index is 1.34. The van der Waals surface area contributed by atoms with Crippen molar-refractivity contribution in [3.8, 4) is 5.75 Å². The third-order valence-electron chi connectivity index (χ3n) is 7.11. The predicted molar refractivity (Wildman–Crippen MR) is 144 cm³/mol.